The number of aromatic nitrogens is 5. The Morgan fingerprint density at radius 1 is 0.353 bits per heavy atom. The highest BCUT2D eigenvalue weighted by Gasteiger charge is 2.24. The predicted octanol–water partition coefficient (Wildman–Crippen LogP) is 11.8. The summed E-state index contributed by atoms with van der Waals surface area (Å²) >= 11 is 1.87. The van der Waals surface area contributed by atoms with Crippen LogP contribution in [0.2, 0.25) is 0 Å². The zero-order valence-corrected chi connectivity index (χ0v) is 27.9. The van der Waals surface area contributed by atoms with Crippen molar-refractivity contribution in [2.75, 3.05) is 0 Å². The number of nitrogens with zero attached hydrogens (tertiary/aromatic N) is 5. The molecule has 0 fully saturated rings. The van der Waals surface area contributed by atoms with Crippen molar-refractivity contribution in [2.24, 2.45) is 0 Å². The summed E-state index contributed by atoms with van der Waals surface area (Å²) in [4.78, 5) is 15.4. The minimum atomic E-state index is 0.654. The Hall–Kier alpha value is -6.63. The van der Waals surface area contributed by atoms with Crippen LogP contribution in [0.3, 0.4) is 0 Å². The molecule has 12 rings (SSSR count). The van der Waals surface area contributed by atoms with E-state index in [0.717, 1.165) is 38.5 Å². The van der Waals surface area contributed by atoms with Gasteiger partial charge in [0.1, 0.15) is 0 Å². The molecule has 5 aromatic heterocycles. The lowest BCUT2D eigenvalue weighted by Crippen LogP contribution is -2.00. The second kappa shape index (κ2) is 9.97. The molecule has 0 N–H and O–H groups in total. The van der Waals surface area contributed by atoms with Crippen LogP contribution in [-0.4, -0.2) is 23.8 Å². The lowest BCUT2D eigenvalue weighted by Gasteiger charge is -2.10. The molecule has 51 heavy (non-hydrogen) atoms. The van der Waals surface area contributed by atoms with Gasteiger partial charge in [0.2, 0.25) is 0 Å². The van der Waals surface area contributed by atoms with Gasteiger partial charge in [0.15, 0.2) is 17.5 Å². The topological polar surface area (TPSA) is 47.5 Å². The van der Waals surface area contributed by atoms with E-state index in [1.807, 2.05) is 47.7 Å². The largest absolute Gasteiger partial charge is 0.306 e. The molecule has 0 spiro atoms. The third-order valence-electron chi connectivity index (χ3n) is 10.5. The van der Waals surface area contributed by atoms with Gasteiger partial charge < -0.3 is 8.80 Å². The zero-order valence-electron chi connectivity index (χ0n) is 27.1. The van der Waals surface area contributed by atoms with Crippen LogP contribution in [0.5, 0.6) is 0 Å². The summed E-state index contributed by atoms with van der Waals surface area (Å²) < 4.78 is 7.59. The van der Waals surface area contributed by atoms with E-state index in [-0.39, 0.29) is 0 Å². The minimum Gasteiger partial charge on any atom is -0.306 e. The molecule has 0 unspecified atom stereocenters. The Morgan fingerprint density at radius 2 is 0.922 bits per heavy atom. The van der Waals surface area contributed by atoms with Gasteiger partial charge >= 0.3 is 0 Å². The third kappa shape index (κ3) is 3.61. The summed E-state index contributed by atoms with van der Waals surface area (Å²) in [5.74, 6) is 1.96. The first-order chi connectivity index (χ1) is 25.3. The predicted molar refractivity (Wildman–Crippen MR) is 212 cm³/mol. The Labute approximate surface area is 294 Å². The monoisotopic (exact) mass is 667 g/mol. The molecule has 0 radical (unpaired) electrons. The summed E-state index contributed by atoms with van der Waals surface area (Å²) in [7, 11) is 0. The number of hydrogen-bond donors (Lipinski definition) is 0. The summed E-state index contributed by atoms with van der Waals surface area (Å²) in [6.45, 7) is 0. The number of para-hydroxylation sites is 2. The molecule has 0 saturated carbocycles. The number of thiophene rings is 1. The fraction of sp³-hybridized carbons (Fsp3) is 0. The van der Waals surface area contributed by atoms with Crippen molar-refractivity contribution in [1.82, 2.24) is 23.8 Å². The van der Waals surface area contributed by atoms with Crippen LogP contribution < -0.4 is 0 Å². The van der Waals surface area contributed by atoms with E-state index in [9.17, 15) is 0 Å². The number of hydrogen-bond acceptors (Lipinski definition) is 4. The van der Waals surface area contributed by atoms with Crippen molar-refractivity contribution < 1.29 is 0 Å². The van der Waals surface area contributed by atoms with Crippen LogP contribution in [0.15, 0.2) is 152 Å². The van der Waals surface area contributed by atoms with Crippen molar-refractivity contribution in [1.29, 1.82) is 0 Å². The van der Waals surface area contributed by atoms with E-state index < -0.39 is 0 Å². The van der Waals surface area contributed by atoms with Crippen molar-refractivity contribution in [3.8, 4) is 34.2 Å². The molecule has 6 heteroatoms. The van der Waals surface area contributed by atoms with Crippen LogP contribution in [-0.2, 0) is 0 Å². The molecule has 12 aromatic rings. The maximum Gasteiger partial charge on any atom is 0.164 e. The lowest BCUT2D eigenvalue weighted by molar-refractivity contribution is 1.08. The van der Waals surface area contributed by atoms with E-state index in [1.54, 1.807) is 0 Å². The SMILES string of the molecule is c1ccc(-c2nc(-c3ccccc3)nc(-c3cccc4c3c3cccc5c3n4c3cccc4sc6ccc7c8ccccc8n5c7c6c43)n2)cc1. The molecular formula is C45H25N5S. The Morgan fingerprint density at radius 3 is 1.71 bits per heavy atom. The van der Waals surface area contributed by atoms with E-state index >= 15 is 0 Å². The first-order valence-corrected chi connectivity index (χ1v) is 17.9. The average Bonchev–Trinajstić information content (AvgIpc) is 3.85. The highest BCUT2D eigenvalue weighted by Crippen LogP contribution is 2.47. The standard InChI is InChI=1S/C45H25N5S/c1-3-12-26(13-4-1)43-46-44(27-14-5-2-6-15-27)48-45(47-43)31-18-10-20-33-38(31)30-17-9-22-35-41(30)50(33)34-21-11-23-36-39(34)40-37(51-36)25-24-29-28-16-7-8-19-32(28)49(35)42(29)40/h1-25H. The number of benzene rings is 7. The maximum atomic E-state index is 5.19. The first-order valence-electron chi connectivity index (χ1n) is 17.1. The number of fused-ring (bicyclic) bond motifs is 8. The van der Waals surface area contributed by atoms with E-state index in [0.29, 0.717) is 17.5 Å². The van der Waals surface area contributed by atoms with Crippen molar-refractivity contribution in [3.05, 3.63) is 152 Å². The van der Waals surface area contributed by atoms with E-state index in [1.165, 1.54) is 53.0 Å². The second-order valence-electron chi connectivity index (χ2n) is 13.2. The Balaban J connectivity index is 1.31. The molecule has 0 bridgehead atoms. The fourth-order valence-corrected chi connectivity index (χ4v) is 9.55. The van der Waals surface area contributed by atoms with Gasteiger partial charge in [-0.2, -0.15) is 0 Å². The van der Waals surface area contributed by atoms with E-state index in [2.05, 4.69) is 124 Å². The van der Waals surface area contributed by atoms with Crippen LogP contribution in [0.25, 0.3) is 109 Å². The van der Waals surface area contributed by atoms with Gasteiger partial charge in [0, 0.05) is 58.4 Å². The minimum absolute atomic E-state index is 0.654. The number of rotatable bonds is 3. The van der Waals surface area contributed by atoms with Gasteiger partial charge in [0.05, 0.1) is 33.1 Å². The molecule has 7 aromatic carbocycles. The Kier molecular flexibility index (Phi) is 5.32. The molecule has 236 valence electrons. The third-order valence-corrected chi connectivity index (χ3v) is 11.6. The summed E-state index contributed by atoms with van der Waals surface area (Å²) in [6, 6.07) is 53.9. The van der Waals surface area contributed by atoms with Crippen molar-refractivity contribution >= 4 is 86.2 Å². The molecule has 0 aliphatic carbocycles. The van der Waals surface area contributed by atoms with Crippen LogP contribution in [0.1, 0.15) is 0 Å². The fourth-order valence-electron chi connectivity index (χ4n) is 8.42. The second-order valence-corrected chi connectivity index (χ2v) is 14.3. The van der Waals surface area contributed by atoms with Gasteiger partial charge in [-0.15, -0.1) is 11.3 Å². The first kappa shape index (κ1) is 27.2. The van der Waals surface area contributed by atoms with Gasteiger partial charge in [0.25, 0.3) is 0 Å². The maximum absolute atomic E-state index is 5.19. The lowest BCUT2D eigenvalue weighted by atomic mass is 10.0. The van der Waals surface area contributed by atoms with Crippen molar-refractivity contribution in [2.45, 2.75) is 0 Å². The summed E-state index contributed by atoms with van der Waals surface area (Å²) in [6.07, 6.45) is 0. The molecule has 0 aliphatic heterocycles. The highest BCUT2D eigenvalue weighted by molar-refractivity contribution is 7.26. The normalized spacial score (nSPS) is 12.3. The van der Waals surface area contributed by atoms with E-state index in [4.69, 9.17) is 15.0 Å². The quantitative estimate of drug-likeness (QED) is 0.188. The molecule has 0 saturated heterocycles. The average molecular weight is 668 g/mol. The van der Waals surface area contributed by atoms with Crippen LogP contribution >= 0.6 is 11.3 Å². The van der Waals surface area contributed by atoms with Crippen LogP contribution in [0.4, 0.5) is 0 Å². The molecule has 5 nitrogen and oxygen atoms in total. The van der Waals surface area contributed by atoms with Crippen LogP contribution in [0, 0.1) is 0 Å². The molecule has 5 heterocycles. The molecule has 0 atom stereocenters. The highest BCUT2D eigenvalue weighted by atomic mass is 32.1. The molecule has 0 aliphatic rings. The molecular weight excluding hydrogens is 643 g/mol. The van der Waals surface area contributed by atoms with Gasteiger partial charge in [-0.05, 0) is 36.4 Å². The summed E-state index contributed by atoms with van der Waals surface area (Å²) in [5, 5.41) is 7.44. The smallest absolute Gasteiger partial charge is 0.164 e. The van der Waals surface area contributed by atoms with Gasteiger partial charge in [-0.25, -0.2) is 15.0 Å². The zero-order chi connectivity index (χ0) is 33.2. The Bertz CT molecular complexity index is 3300. The van der Waals surface area contributed by atoms with Crippen molar-refractivity contribution in [3.63, 3.8) is 0 Å². The molecule has 0 amide bonds. The van der Waals surface area contributed by atoms with Gasteiger partial charge in [-0.1, -0.05) is 115 Å². The summed E-state index contributed by atoms with van der Waals surface area (Å²) in [5.41, 5.74) is 10.0. The van der Waals surface area contributed by atoms with Gasteiger partial charge in [-0.3, -0.25) is 0 Å².